The maximum atomic E-state index is 13.3. The van der Waals surface area contributed by atoms with E-state index in [4.69, 9.17) is 16.0 Å². The zero-order chi connectivity index (χ0) is 29.0. The Kier molecular flexibility index (Phi) is 9.43. The molecule has 2 fully saturated rings. The Hall–Kier alpha value is -3.40. The van der Waals surface area contributed by atoms with Crippen molar-refractivity contribution >= 4 is 33.8 Å². The molecule has 0 aromatic heterocycles. The van der Waals surface area contributed by atoms with Crippen molar-refractivity contribution in [1.29, 1.82) is 5.41 Å². The van der Waals surface area contributed by atoms with Crippen molar-refractivity contribution in [2.75, 3.05) is 19.6 Å². The van der Waals surface area contributed by atoms with Gasteiger partial charge in [-0.2, -0.15) is 23.0 Å². The number of halogens is 3. The number of guanidine groups is 1. The number of nitrogens with one attached hydrogen (secondary N) is 3. The van der Waals surface area contributed by atoms with Gasteiger partial charge >= 0.3 is 12.1 Å². The summed E-state index contributed by atoms with van der Waals surface area (Å²) in [6, 6.07) is 0.451. The molecule has 1 aliphatic carbocycles. The number of piperidine rings is 1. The van der Waals surface area contributed by atoms with Crippen molar-refractivity contribution in [2.45, 2.75) is 62.2 Å². The Balaban J connectivity index is 1.75. The molecule has 216 valence electrons. The number of hydrogen-bond acceptors (Lipinski definition) is 7. The van der Waals surface area contributed by atoms with Crippen LogP contribution in [0.2, 0.25) is 0 Å². The summed E-state index contributed by atoms with van der Waals surface area (Å²) in [5, 5.41) is 11.0. The molecule has 39 heavy (non-hydrogen) atoms. The fourth-order valence-corrected chi connectivity index (χ4v) is 5.31. The van der Waals surface area contributed by atoms with Gasteiger partial charge in [0.05, 0.1) is 22.9 Å². The molecule has 0 bridgehead atoms. The predicted octanol–water partition coefficient (Wildman–Crippen LogP) is 0.933. The zero-order valence-electron chi connectivity index (χ0n) is 21.2. The molecule has 1 unspecified atom stereocenters. The van der Waals surface area contributed by atoms with Crippen molar-refractivity contribution in [3.05, 3.63) is 29.8 Å². The van der Waals surface area contributed by atoms with E-state index in [1.165, 1.54) is 0 Å². The van der Waals surface area contributed by atoms with E-state index < -0.39 is 62.9 Å². The van der Waals surface area contributed by atoms with Crippen LogP contribution in [0.5, 0.6) is 0 Å². The Labute approximate surface area is 223 Å². The molecule has 16 heteroatoms. The van der Waals surface area contributed by atoms with E-state index in [-0.39, 0.29) is 18.4 Å². The van der Waals surface area contributed by atoms with Crippen LogP contribution in [0, 0.1) is 11.3 Å². The van der Waals surface area contributed by atoms with Crippen LogP contribution in [0.1, 0.15) is 44.6 Å². The van der Waals surface area contributed by atoms with E-state index >= 15 is 0 Å². The summed E-state index contributed by atoms with van der Waals surface area (Å²) in [6.45, 7) is 2.31. The molecular weight excluding hydrogens is 545 g/mol. The summed E-state index contributed by atoms with van der Waals surface area (Å²) in [7, 11) is -4.56. The largest absolute Gasteiger partial charge is 0.416 e. The number of nitrogens with two attached hydrogens (primary N) is 1. The molecule has 1 aromatic carbocycles. The number of rotatable bonds is 9. The lowest BCUT2D eigenvalue weighted by Crippen LogP contribution is -2.52. The third-order valence-electron chi connectivity index (χ3n) is 6.25. The van der Waals surface area contributed by atoms with Crippen LogP contribution in [0.3, 0.4) is 0 Å². The number of hydrogen-bond donors (Lipinski definition) is 4. The highest BCUT2D eigenvalue weighted by atomic mass is 32.2. The second-order valence-electron chi connectivity index (χ2n) is 9.52. The van der Waals surface area contributed by atoms with Crippen LogP contribution >= 0.6 is 0 Å². The molecule has 2 amide bonds. The second kappa shape index (κ2) is 12.2. The number of alkyl halides is 3. The van der Waals surface area contributed by atoms with E-state index in [9.17, 15) is 36.0 Å². The van der Waals surface area contributed by atoms with Gasteiger partial charge in [-0.3, -0.25) is 19.8 Å². The summed E-state index contributed by atoms with van der Waals surface area (Å²) in [5.41, 5.74) is 4.48. The van der Waals surface area contributed by atoms with Crippen molar-refractivity contribution in [3.8, 4) is 0 Å². The van der Waals surface area contributed by atoms with E-state index in [1.54, 1.807) is 4.90 Å². The van der Waals surface area contributed by atoms with Gasteiger partial charge in [0, 0.05) is 26.6 Å². The molecule has 1 aliphatic heterocycles. The van der Waals surface area contributed by atoms with E-state index in [1.807, 2.05) is 0 Å². The number of benzene rings is 1. The molecule has 2 aliphatic rings. The Bertz CT molecular complexity index is 1190. The minimum Gasteiger partial charge on any atom is -0.370 e. The van der Waals surface area contributed by atoms with Crippen molar-refractivity contribution in [1.82, 2.24) is 20.0 Å². The Morgan fingerprint density at radius 1 is 1.21 bits per heavy atom. The average Bonchev–Trinajstić information content (AvgIpc) is 3.70. The first-order valence-corrected chi connectivity index (χ1v) is 13.7. The minimum atomic E-state index is -4.68. The monoisotopic (exact) mass is 576 g/mol. The van der Waals surface area contributed by atoms with Gasteiger partial charge in [-0.15, -0.1) is 0 Å². The van der Waals surface area contributed by atoms with Crippen LogP contribution in [0.15, 0.2) is 29.2 Å². The van der Waals surface area contributed by atoms with Crippen molar-refractivity contribution in [2.24, 2.45) is 11.7 Å². The lowest BCUT2D eigenvalue weighted by molar-refractivity contribution is -0.200. The molecule has 1 heterocycles. The molecule has 2 atom stereocenters. The molecule has 12 nitrogen and oxygen atoms in total. The van der Waals surface area contributed by atoms with Crippen molar-refractivity contribution < 1.29 is 40.8 Å². The normalized spacial score (nSPS) is 18.7. The zero-order valence-corrected chi connectivity index (χ0v) is 22.0. The minimum absolute atomic E-state index is 0.0337. The Morgan fingerprint density at radius 2 is 1.85 bits per heavy atom. The highest BCUT2D eigenvalue weighted by Gasteiger charge is 2.41. The predicted molar refractivity (Wildman–Crippen MR) is 131 cm³/mol. The van der Waals surface area contributed by atoms with Gasteiger partial charge in [-0.1, -0.05) is 0 Å². The molecule has 0 spiro atoms. The summed E-state index contributed by atoms with van der Waals surface area (Å²) in [5.74, 6) is -2.61. The first kappa shape index (κ1) is 30.1. The molecule has 1 saturated heterocycles. The molecule has 1 aromatic rings. The average molecular weight is 577 g/mol. The number of amides is 2. The molecule has 1 saturated carbocycles. The van der Waals surface area contributed by atoms with Crippen molar-refractivity contribution in [3.63, 3.8) is 0 Å². The highest BCUT2D eigenvalue weighted by Crippen LogP contribution is 2.30. The number of hydroxylamine groups is 2. The number of carbonyl (C=O) groups is 3. The summed E-state index contributed by atoms with van der Waals surface area (Å²) in [4.78, 5) is 43.7. The summed E-state index contributed by atoms with van der Waals surface area (Å²) < 4.78 is 66.8. The van der Waals surface area contributed by atoms with Crippen LogP contribution in [0.25, 0.3) is 0 Å². The first-order chi connectivity index (χ1) is 18.2. The first-order valence-electron chi connectivity index (χ1n) is 12.2. The second-order valence-corrected chi connectivity index (χ2v) is 11.2. The van der Waals surface area contributed by atoms with Crippen LogP contribution < -0.4 is 15.8 Å². The van der Waals surface area contributed by atoms with Gasteiger partial charge in [0.1, 0.15) is 6.04 Å². The fourth-order valence-electron chi connectivity index (χ4n) is 4.12. The lowest BCUT2D eigenvalue weighted by Gasteiger charge is -2.33. The third-order valence-corrected chi connectivity index (χ3v) is 7.73. The van der Waals surface area contributed by atoms with Gasteiger partial charge in [-0.05, 0) is 55.9 Å². The summed E-state index contributed by atoms with van der Waals surface area (Å²) >= 11 is 0. The van der Waals surface area contributed by atoms with E-state index in [2.05, 4.69) is 10.0 Å². The fraction of sp³-hybridized carbons (Fsp3) is 0.565. The Morgan fingerprint density at radius 3 is 2.38 bits per heavy atom. The standard InChI is InChI=1S/C23H31F3N6O6S/c1-14(33)38-32(17-6-7-17)21(35)19(11-20(34)29-12-15-3-2-10-31(13-15)22(27)28)30-39(36,37)18-8-4-16(5-9-18)23(24,25)26/h4-5,8-9,15,17,19,30H,2-3,6-7,10-13H2,1H3,(H3,27,28)(H,29,34)/t15?,19-/m0/s1. The van der Waals surface area contributed by atoms with Gasteiger partial charge in [0.2, 0.25) is 15.9 Å². The maximum Gasteiger partial charge on any atom is 0.416 e. The number of sulfonamides is 1. The molecule has 5 N–H and O–H groups in total. The van der Waals surface area contributed by atoms with Crippen LogP contribution in [0.4, 0.5) is 13.2 Å². The van der Waals surface area contributed by atoms with Gasteiger partial charge in [-0.25, -0.2) is 8.42 Å². The lowest BCUT2D eigenvalue weighted by atomic mass is 9.98. The third kappa shape index (κ3) is 8.54. The quantitative estimate of drug-likeness (QED) is 0.191. The topological polar surface area (TPSA) is 175 Å². The van der Waals surface area contributed by atoms with Gasteiger partial charge in [0.15, 0.2) is 5.96 Å². The SMILES string of the molecule is CC(=O)ON(C(=O)[C@H](CC(=O)NCC1CCCN(C(=N)N)C1)NS(=O)(=O)c1ccc(C(F)(F)F)cc1)C1CC1. The van der Waals surface area contributed by atoms with E-state index in [0.717, 1.165) is 37.0 Å². The molecular formula is C23H31F3N6O6S. The number of likely N-dealkylation sites (tertiary alicyclic amines) is 1. The maximum absolute atomic E-state index is 13.3. The van der Waals surface area contributed by atoms with Crippen LogP contribution in [-0.4, -0.2) is 73.8 Å². The number of nitrogens with zero attached hydrogens (tertiary/aromatic N) is 2. The van der Waals surface area contributed by atoms with Gasteiger partial charge < -0.3 is 20.8 Å². The smallest absolute Gasteiger partial charge is 0.370 e. The molecule has 0 radical (unpaired) electrons. The van der Waals surface area contributed by atoms with Gasteiger partial charge in [0.25, 0.3) is 5.91 Å². The van der Waals surface area contributed by atoms with E-state index in [0.29, 0.717) is 38.1 Å². The highest BCUT2D eigenvalue weighted by molar-refractivity contribution is 7.89. The summed E-state index contributed by atoms with van der Waals surface area (Å²) in [6.07, 6.45) is -2.83. The van der Waals surface area contributed by atoms with Crippen LogP contribution in [-0.2, 0) is 35.4 Å². The number of carbonyl (C=O) groups excluding carboxylic acids is 3. The molecule has 3 rings (SSSR count).